The van der Waals surface area contributed by atoms with Crippen molar-refractivity contribution < 1.29 is 14.7 Å². The predicted molar refractivity (Wildman–Crippen MR) is 60.7 cm³/mol. The van der Waals surface area contributed by atoms with Crippen LogP contribution in [-0.2, 0) is 9.59 Å². The lowest BCUT2D eigenvalue weighted by Crippen LogP contribution is -2.37. The van der Waals surface area contributed by atoms with E-state index in [9.17, 15) is 9.59 Å². The van der Waals surface area contributed by atoms with Gasteiger partial charge in [-0.3, -0.25) is 9.59 Å². The van der Waals surface area contributed by atoms with Crippen LogP contribution in [0.3, 0.4) is 0 Å². The van der Waals surface area contributed by atoms with Gasteiger partial charge in [-0.15, -0.1) is 0 Å². The molecular formula is C12H13NO3. The van der Waals surface area contributed by atoms with Crippen LogP contribution < -0.4 is 5.32 Å². The molecule has 0 saturated carbocycles. The summed E-state index contributed by atoms with van der Waals surface area (Å²) in [7, 11) is 0. The van der Waals surface area contributed by atoms with Crippen LogP contribution in [0.15, 0.2) is 36.4 Å². The maximum Gasteiger partial charge on any atom is 0.325 e. The van der Waals surface area contributed by atoms with Gasteiger partial charge in [0.15, 0.2) is 0 Å². The summed E-state index contributed by atoms with van der Waals surface area (Å²) in [6.07, 6.45) is 2.94. The van der Waals surface area contributed by atoms with Crippen molar-refractivity contribution in [2.24, 2.45) is 0 Å². The number of amides is 1. The Morgan fingerprint density at radius 3 is 2.50 bits per heavy atom. The highest BCUT2D eigenvalue weighted by Crippen LogP contribution is 2.00. The molecule has 0 bridgehead atoms. The number of benzene rings is 1. The fraction of sp³-hybridized carbons (Fsp3) is 0.167. The van der Waals surface area contributed by atoms with E-state index < -0.39 is 17.9 Å². The molecule has 0 radical (unpaired) electrons. The molecule has 1 aromatic carbocycles. The van der Waals surface area contributed by atoms with Crippen molar-refractivity contribution in [2.75, 3.05) is 0 Å². The number of carbonyl (C=O) groups is 2. The van der Waals surface area contributed by atoms with Gasteiger partial charge < -0.3 is 10.4 Å². The molecule has 16 heavy (non-hydrogen) atoms. The van der Waals surface area contributed by atoms with Crippen molar-refractivity contribution in [3.8, 4) is 0 Å². The Labute approximate surface area is 93.6 Å². The number of carboxylic acid groups (broad SMARTS) is 1. The maximum atomic E-state index is 11.3. The molecule has 4 heteroatoms. The molecule has 0 unspecified atom stereocenters. The van der Waals surface area contributed by atoms with Crippen LogP contribution in [0.2, 0.25) is 0 Å². The number of rotatable bonds is 4. The third-order valence-electron chi connectivity index (χ3n) is 1.96. The van der Waals surface area contributed by atoms with Gasteiger partial charge in [0.1, 0.15) is 6.04 Å². The number of carboxylic acids is 1. The molecule has 2 N–H and O–H groups in total. The third kappa shape index (κ3) is 3.96. The maximum absolute atomic E-state index is 11.3. The molecule has 4 nitrogen and oxygen atoms in total. The Kier molecular flexibility index (Phi) is 4.27. The van der Waals surface area contributed by atoms with Crippen LogP contribution in [-0.4, -0.2) is 23.0 Å². The van der Waals surface area contributed by atoms with Gasteiger partial charge in [-0.2, -0.15) is 0 Å². The number of aliphatic carboxylic acids is 1. The van der Waals surface area contributed by atoms with Gasteiger partial charge >= 0.3 is 5.97 Å². The second-order valence-corrected chi connectivity index (χ2v) is 3.31. The smallest absolute Gasteiger partial charge is 0.325 e. The van der Waals surface area contributed by atoms with Crippen LogP contribution in [0.5, 0.6) is 0 Å². The van der Waals surface area contributed by atoms with Crippen molar-refractivity contribution in [1.29, 1.82) is 0 Å². The summed E-state index contributed by atoms with van der Waals surface area (Å²) in [6, 6.07) is 8.42. The van der Waals surface area contributed by atoms with E-state index in [0.29, 0.717) is 0 Å². The fourth-order valence-electron chi connectivity index (χ4n) is 1.06. The van der Waals surface area contributed by atoms with E-state index in [1.54, 1.807) is 6.08 Å². The molecule has 0 aliphatic carbocycles. The molecule has 1 atom stereocenters. The molecule has 0 aliphatic rings. The fourth-order valence-corrected chi connectivity index (χ4v) is 1.06. The van der Waals surface area contributed by atoms with Gasteiger partial charge in [-0.05, 0) is 18.6 Å². The topological polar surface area (TPSA) is 66.4 Å². The quantitative estimate of drug-likeness (QED) is 0.750. The monoisotopic (exact) mass is 219 g/mol. The van der Waals surface area contributed by atoms with Gasteiger partial charge in [0, 0.05) is 6.08 Å². The Balaban J connectivity index is 2.52. The molecule has 0 aromatic heterocycles. The van der Waals surface area contributed by atoms with Crippen molar-refractivity contribution >= 4 is 18.0 Å². The van der Waals surface area contributed by atoms with Crippen molar-refractivity contribution in [3.63, 3.8) is 0 Å². The van der Waals surface area contributed by atoms with Crippen LogP contribution in [0.1, 0.15) is 12.5 Å². The normalized spacial score (nSPS) is 12.3. The average Bonchev–Trinajstić information content (AvgIpc) is 2.27. The average molecular weight is 219 g/mol. The SMILES string of the molecule is C[C@@H](NC(=O)/C=C/c1ccccc1)C(=O)O. The van der Waals surface area contributed by atoms with E-state index in [1.165, 1.54) is 13.0 Å². The Bertz CT molecular complexity index is 398. The summed E-state index contributed by atoms with van der Waals surface area (Å²) in [5.74, 6) is -1.47. The zero-order valence-corrected chi connectivity index (χ0v) is 8.88. The lowest BCUT2D eigenvalue weighted by Gasteiger charge is -2.05. The summed E-state index contributed by atoms with van der Waals surface area (Å²) in [6.45, 7) is 1.41. The predicted octanol–water partition coefficient (Wildman–Crippen LogP) is 1.29. The van der Waals surface area contributed by atoms with Crippen molar-refractivity contribution in [2.45, 2.75) is 13.0 Å². The van der Waals surface area contributed by atoms with Gasteiger partial charge in [0.25, 0.3) is 0 Å². The molecule has 1 amide bonds. The molecule has 0 aliphatic heterocycles. The van der Waals surface area contributed by atoms with Crippen molar-refractivity contribution in [1.82, 2.24) is 5.32 Å². The first kappa shape index (κ1) is 12.0. The summed E-state index contributed by atoms with van der Waals surface area (Å²) in [5.41, 5.74) is 0.889. The second-order valence-electron chi connectivity index (χ2n) is 3.31. The number of nitrogens with one attached hydrogen (secondary N) is 1. The molecule has 0 saturated heterocycles. The summed E-state index contributed by atoms with van der Waals surface area (Å²) < 4.78 is 0. The Morgan fingerprint density at radius 1 is 1.31 bits per heavy atom. The minimum atomic E-state index is -1.05. The molecular weight excluding hydrogens is 206 g/mol. The van der Waals surface area contributed by atoms with E-state index in [0.717, 1.165) is 5.56 Å². The summed E-state index contributed by atoms with van der Waals surface area (Å²) in [4.78, 5) is 21.7. The third-order valence-corrected chi connectivity index (χ3v) is 1.96. The Hall–Kier alpha value is -2.10. The number of hydrogen-bond acceptors (Lipinski definition) is 2. The van der Waals surface area contributed by atoms with Crippen LogP contribution in [0, 0.1) is 0 Å². The van der Waals surface area contributed by atoms with E-state index in [-0.39, 0.29) is 0 Å². The number of carbonyl (C=O) groups excluding carboxylic acids is 1. The first-order valence-electron chi connectivity index (χ1n) is 4.86. The van der Waals surface area contributed by atoms with Gasteiger partial charge in [-0.1, -0.05) is 30.3 Å². The van der Waals surface area contributed by atoms with Gasteiger partial charge in [0.2, 0.25) is 5.91 Å². The largest absolute Gasteiger partial charge is 0.480 e. The van der Waals surface area contributed by atoms with Crippen LogP contribution in [0.4, 0.5) is 0 Å². The highest BCUT2D eigenvalue weighted by molar-refractivity contribution is 5.94. The molecule has 1 rings (SSSR count). The zero-order chi connectivity index (χ0) is 12.0. The van der Waals surface area contributed by atoms with Crippen LogP contribution >= 0.6 is 0 Å². The first-order valence-corrected chi connectivity index (χ1v) is 4.86. The summed E-state index contributed by atoms with van der Waals surface area (Å²) in [5, 5.41) is 10.9. The molecule has 0 spiro atoms. The minimum Gasteiger partial charge on any atom is -0.480 e. The summed E-state index contributed by atoms with van der Waals surface area (Å²) >= 11 is 0. The molecule has 84 valence electrons. The van der Waals surface area contributed by atoms with Crippen LogP contribution in [0.25, 0.3) is 6.08 Å². The van der Waals surface area contributed by atoms with Gasteiger partial charge in [-0.25, -0.2) is 0 Å². The second kappa shape index (κ2) is 5.70. The lowest BCUT2D eigenvalue weighted by molar-refractivity contribution is -0.140. The first-order chi connectivity index (χ1) is 7.59. The van der Waals surface area contributed by atoms with Gasteiger partial charge in [0.05, 0.1) is 0 Å². The molecule has 0 fully saturated rings. The van der Waals surface area contributed by atoms with E-state index in [2.05, 4.69) is 5.32 Å². The van der Waals surface area contributed by atoms with E-state index >= 15 is 0 Å². The highest BCUT2D eigenvalue weighted by Gasteiger charge is 2.11. The zero-order valence-electron chi connectivity index (χ0n) is 8.88. The standard InChI is InChI=1S/C12H13NO3/c1-9(12(15)16)13-11(14)8-7-10-5-3-2-4-6-10/h2-9H,1H3,(H,13,14)(H,15,16)/b8-7+/t9-/m1/s1. The lowest BCUT2D eigenvalue weighted by atomic mass is 10.2. The minimum absolute atomic E-state index is 0.418. The highest BCUT2D eigenvalue weighted by atomic mass is 16.4. The molecule has 1 aromatic rings. The van der Waals surface area contributed by atoms with E-state index in [4.69, 9.17) is 5.11 Å². The number of hydrogen-bond donors (Lipinski definition) is 2. The van der Waals surface area contributed by atoms with Crippen molar-refractivity contribution in [3.05, 3.63) is 42.0 Å². The van der Waals surface area contributed by atoms with E-state index in [1.807, 2.05) is 30.3 Å². The molecule has 0 heterocycles. The Morgan fingerprint density at radius 2 is 1.94 bits per heavy atom.